The number of hydrogen-bond donors (Lipinski definition) is 0. The largest absolute Gasteiger partial charge is 0.463 e. The van der Waals surface area contributed by atoms with Crippen molar-refractivity contribution in [1.82, 2.24) is 0 Å². The molecule has 126 valence electrons. The second-order valence-corrected chi connectivity index (χ2v) is 4.73. The summed E-state index contributed by atoms with van der Waals surface area (Å²) in [6.07, 6.45) is 1.51. The fourth-order valence-electron chi connectivity index (χ4n) is 1.38. The molecule has 0 rings (SSSR count). The SMILES string of the molecule is CCCC(=O)OCCOCCOCCOCCOC(C)C. The number of hydrogen-bond acceptors (Lipinski definition) is 6. The Labute approximate surface area is 128 Å². The fraction of sp³-hybridized carbons (Fsp3) is 0.933. The van der Waals surface area contributed by atoms with E-state index in [9.17, 15) is 4.79 Å². The van der Waals surface area contributed by atoms with Crippen LogP contribution in [0.1, 0.15) is 33.6 Å². The van der Waals surface area contributed by atoms with Gasteiger partial charge in [-0.05, 0) is 20.3 Å². The van der Waals surface area contributed by atoms with E-state index >= 15 is 0 Å². The van der Waals surface area contributed by atoms with Crippen molar-refractivity contribution in [2.45, 2.75) is 39.7 Å². The Morgan fingerprint density at radius 3 is 1.76 bits per heavy atom. The van der Waals surface area contributed by atoms with Crippen molar-refractivity contribution in [3.63, 3.8) is 0 Å². The van der Waals surface area contributed by atoms with Crippen molar-refractivity contribution in [2.24, 2.45) is 0 Å². The molecular formula is C15H30O6. The molecule has 0 bridgehead atoms. The lowest BCUT2D eigenvalue weighted by molar-refractivity contribution is -0.145. The van der Waals surface area contributed by atoms with E-state index in [0.717, 1.165) is 6.42 Å². The molecule has 0 aliphatic carbocycles. The zero-order valence-electron chi connectivity index (χ0n) is 13.6. The Hall–Kier alpha value is -0.690. The lowest BCUT2D eigenvalue weighted by Gasteiger charge is -2.09. The highest BCUT2D eigenvalue weighted by Crippen LogP contribution is 1.91. The molecule has 0 heterocycles. The highest BCUT2D eigenvalue weighted by molar-refractivity contribution is 5.69. The van der Waals surface area contributed by atoms with Gasteiger partial charge < -0.3 is 23.7 Å². The van der Waals surface area contributed by atoms with Crippen molar-refractivity contribution in [2.75, 3.05) is 52.9 Å². The summed E-state index contributed by atoms with van der Waals surface area (Å²) in [5.74, 6) is -0.170. The first kappa shape index (κ1) is 20.3. The molecule has 0 saturated heterocycles. The van der Waals surface area contributed by atoms with Crippen molar-refractivity contribution in [3.05, 3.63) is 0 Å². The van der Waals surface area contributed by atoms with Crippen LogP contribution in [0.15, 0.2) is 0 Å². The van der Waals surface area contributed by atoms with Crippen LogP contribution in [0.2, 0.25) is 0 Å². The molecule has 0 unspecified atom stereocenters. The van der Waals surface area contributed by atoms with E-state index in [1.807, 2.05) is 20.8 Å². The quantitative estimate of drug-likeness (QED) is 0.340. The summed E-state index contributed by atoms with van der Waals surface area (Å²) in [5, 5.41) is 0. The molecule has 0 amide bonds. The third-order valence-corrected chi connectivity index (χ3v) is 2.37. The van der Waals surface area contributed by atoms with Gasteiger partial charge in [-0.3, -0.25) is 4.79 Å². The second-order valence-electron chi connectivity index (χ2n) is 4.73. The van der Waals surface area contributed by atoms with Crippen molar-refractivity contribution >= 4 is 5.97 Å². The van der Waals surface area contributed by atoms with Gasteiger partial charge >= 0.3 is 5.97 Å². The number of esters is 1. The molecule has 0 aromatic carbocycles. The van der Waals surface area contributed by atoms with Crippen molar-refractivity contribution in [1.29, 1.82) is 0 Å². The van der Waals surface area contributed by atoms with Gasteiger partial charge in [0.05, 0.1) is 52.4 Å². The number of carbonyl (C=O) groups is 1. The summed E-state index contributed by atoms with van der Waals surface area (Å²) >= 11 is 0. The van der Waals surface area contributed by atoms with Crippen LogP contribution in [-0.2, 0) is 28.5 Å². The average Bonchev–Trinajstić information content (AvgIpc) is 2.44. The predicted molar refractivity (Wildman–Crippen MR) is 79.4 cm³/mol. The molecule has 21 heavy (non-hydrogen) atoms. The maximum absolute atomic E-state index is 11.0. The maximum atomic E-state index is 11.0. The van der Waals surface area contributed by atoms with Gasteiger partial charge in [0.1, 0.15) is 6.61 Å². The van der Waals surface area contributed by atoms with E-state index < -0.39 is 0 Å². The van der Waals surface area contributed by atoms with Crippen LogP contribution in [-0.4, -0.2) is 64.9 Å². The minimum Gasteiger partial charge on any atom is -0.463 e. The second kappa shape index (κ2) is 15.7. The third kappa shape index (κ3) is 17.3. The fourth-order valence-corrected chi connectivity index (χ4v) is 1.38. The minimum absolute atomic E-state index is 0.170. The summed E-state index contributed by atoms with van der Waals surface area (Å²) in [6.45, 7) is 9.92. The molecule has 6 nitrogen and oxygen atoms in total. The van der Waals surface area contributed by atoms with Gasteiger partial charge in [-0.25, -0.2) is 0 Å². The number of ether oxygens (including phenoxy) is 5. The molecule has 0 aliphatic heterocycles. The lowest BCUT2D eigenvalue weighted by atomic mass is 10.3. The zero-order chi connectivity index (χ0) is 15.8. The monoisotopic (exact) mass is 306 g/mol. The van der Waals surface area contributed by atoms with Gasteiger partial charge in [0, 0.05) is 6.42 Å². The minimum atomic E-state index is -0.170. The molecule has 0 aromatic rings. The van der Waals surface area contributed by atoms with Crippen molar-refractivity contribution < 1.29 is 28.5 Å². The first-order valence-electron chi connectivity index (χ1n) is 7.67. The Kier molecular flexibility index (Phi) is 15.2. The highest BCUT2D eigenvalue weighted by Gasteiger charge is 1.99. The van der Waals surface area contributed by atoms with Gasteiger partial charge in [0.2, 0.25) is 0 Å². The van der Waals surface area contributed by atoms with Gasteiger partial charge in [-0.2, -0.15) is 0 Å². The van der Waals surface area contributed by atoms with Crippen LogP contribution in [0.3, 0.4) is 0 Å². The molecule has 0 fully saturated rings. The van der Waals surface area contributed by atoms with E-state index in [0.29, 0.717) is 59.3 Å². The van der Waals surface area contributed by atoms with Crippen LogP contribution in [0.5, 0.6) is 0 Å². The Balaban J connectivity index is 3.04. The Bertz CT molecular complexity index is 232. The van der Waals surface area contributed by atoms with E-state index in [1.54, 1.807) is 0 Å². The van der Waals surface area contributed by atoms with E-state index in [2.05, 4.69) is 0 Å². The summed E-state index contributed by atoms with van der Waals surface area (Å²) in [7, 11) is 0. The first-order chi connectivity index (χ1) is 10.2. The standard InChI is InChI=1S/C15H30O6/c1-4-5-15(16)21-13-11-19-9-7-17-6-8-18-10-12-20-14(2)3/h14H,4-13H2,1-3H3. The van der Waals surface area contributed by atoms with Gasteiger partial charge in [0.15, 0.2) is 0 Å². The summed E-state index contributed by atoms with van der Waals surface area (Å²) in [6, 6.07) is 0. The maximum Gasteiger partial charge on any atom is 0.305 e. The number of carbonyl (C=O) groups excluding carboxylic acids is 1. The van der Waals surface area contributed by atoms with Crippen molar-refractivity contribution in [3.8, 4) is 0 Å². The number of rotatable bonds is 15. The van der Waals surface area contributed by atoms with Crippen LogP contribution >= 0.6 is 0 Å². The summed E-state index contributed by atoms with van der Waals surface area (Å²) in [4.78, 5) is 11.0. The first-order valence-corrected chi connectivity index (χ1v) is 7.67. The molecule has 0 atom stereocenters. The average molecular weight is 306 g/mol. The molecule has 0 radical (unpaired) electrons. The smallest absolute Gasteiger partial charge is 0.305 e. The summed E-state index contributed by atoms with van der Waals surface area (Å²) in [5.41, 5.74) is 0. The Morgan fingerprint density at radius 2 is 1.29 bits per heavy atom. The van der Waals surface area contributed by atoms with Gasteiger partial charge in [-0.1, -0.05) is 6.92 Å². The predicted octanol–water partition coefficient (Wildman–Crippen LogP) is 1.80. The van der Waals surface area contributed by atoms with Crippen LogP contribution in [0.4, 0.5) is 0 Å². The third-order valence-electron chi connectivity index (χ3n) is 2.37. The van der Waals surface area contributed by atoms with Gasteiger partial charge in [0.25, 0.3) is 0 Å². The molecule has 6 heteroatoms. The molecule has 0 saturated carbocycles. The highest BCUT2D eigenvalue weighted by atomic mass is 16.6. The van der Waals surface area contributed by atoms with E-state index in [4.69, 9.17) is 23.7 Å². The summed E-state index contributed by atoms with van der Waals surface area (Å²) < 4.78 is 26.2. The van der Waals surface area contributed by atoms with Crippen LogP contribution in [0.25, 0.3) is 0 Å². The molecule has 0 aliphatic rings. The molecule has 0 aromatic heterocycles. The zero-order valence-corrected chi connectivity index (χ0v) is 13.6. The lowest BCUT2D eigenvalue weighted by Crippen LogP contribution is -2.15. The van der Waals surface area contributed by atoms with Crippen LogP contribution < -0.4 is 0 Å². The van der Waals surface area contributed by atoms with Gasteiger partial charge in [-0.15, -0.1) is 0 Å². The van der Waals surface area contributed by atoms with Crippen LogP contribution in [0, 0.1) is 0 Å². The topological polar surface area (TPSA) is 63.2 Å². The molecular weight excluding hydrogens is 276 g/mol. The molecule has 0 spiro atoms. The molecule has 0 N–H and O–H groups in total. The Morgan fingerprint density at radius 1 is 0.810 bits per heavy atom. The normalized spacial score (nSPS) is 11.0. The van der Waals surface area contributed by atoms with E-state index in [1.165, 1.54) is 0 Å². The van der Waals surface area contributed by atoms with E-state index in [-0.39, 0.29) is 12.1 Å².